The van der Waals surface area contributed by atoms with Gasteiger partial charge in [-0.3, -0.25) is 0 Å². The van der Waals surface area contributed by atoms with Gasteiger partial charge in [0.1, 0.15) is 0 Å². The van der Waals surface area contributed by atoms with Crippen LogP contribution >= 0.6 is 11.8 Å². The van der Waals surface area contributed by atoms with Crippen LogP contribution in [0.15, 0.2) is 29.2 Å². The van der Waals surface area contributed by atoms with Crippen LogP contribution in [0.3, 0.4) is 0 Å². The van der Waals surface area contributed by atoms with Crippen molar-refractivity contribution in [2.45, 2.75) is 56.3 Å². The van der Waals surface area contributed by atoms with Gasteiger partial charge in [-0.05, 0) is 51.3 Å². The Morgan fingerprint density at radius 1 is 1.39 bits per heavy atom. The maximum absolute atomic E-state index is 5.99. The number of hydrogen-bond donors (Lipinski definition) is 1. The zero-order valence-corrected chi connectivity index (χ0v) is 12.3. The Balaban J connectivity index is 1.84. The summed E-state index contributed by atoms with van der Waals surface area (Å²) in [6.45, 7) is 6.36. The third-order valence-corrected chi connectivity index (χ3v) is 4.54. The molecule has 2 nitrogen and oxygen atoms in total. The van der Waals surface area contributed by atoms with Gasteiger partial charge in [0.25, 0.3) is 0 Å². The molecule has 3 heteroatoms. The van der Waals surface area contributed by atoms with Crippen LogP contribution in [0, 0.1) is 0 Å². The first-order valence-corrected chi connectivity index (χ1v) is 7.61. The van der Waals surface area contributed by atoms with Gasteiger partial charge in [0.2, 0.25) is 0 Å². The minimum Gasteiger partial charge on any atom is -0.371 e. The zero-order valence-electron chi connectivity index (χ0n) is 11.5. The van der Waals surface area contributed by atoms with Crippen molar-refractivity contribution in [1.82, 2.24) is 0 Å². The lowest BCUT2D eigenvalue weighted by Crippen LogP contribution is -2.21. The SMILES string of the molecule is CC(N)c1ccc(SCC2CCC(C)(C)O2)cc1. The van der Waals surface area contributed by atoms with E-state index in [0.717, 1.165) is 5.75 Å². The van der Waals surface area contributed by atoms with E-state index in [9.17, 15) is 0 Å². The average Bonchev–Trinajstić information content (AvgIpc) is 2.67. The molecular formula is C15H23NOS. The van der Waals surface area contributed by atoms with Crippen LogP contribution in [0.4, 0.5) is 0 Å². The molecule has 2 unspecified atom stereocenters. The summed E-state index contributed by atoms with van der Waals surface area (Å²) in [6.07, 6.45) is 2.75. The summed E-state index contributed by atoms with van der Waals surface area (Å²) in [5, 5.41) is 0. The molecule has 0 bridgehead atoms. The summed E-state index contributed by atoms with van der Waals surface area (Å²) < 4.78 is 5.99. The second-order valence-corrected chi connectivity index (χ2v) is 6.80. The molecular weight excluding hydrogens is 242 g/mol. The first kappa shape index (κ1) is 13.9. The maximum atomic E-state index is 5.99. The molecule has 1 saturated heterocycles. The van der Waals surface area contributed by atoms with Crippen molar-refractivity contribution in [2.75, 3.05) is 5.75 Å². The molecule has 0 amide bonds. The predicted molar refractivity (Wildman–Crippen MR) is 78.0 cm³/mol. The normalized spacial score (nSPS) is 24.1. The molecule has 0 aromatic heterocycles. The molecule has 0 radical (unpaired) electrons. The number of ether oxygens (including phenoxy) is 1. The summed E-state index contributed by atoms with van der Waals surface area (Å²) in [6, 6.07) is 8.66. The Kier molecular flexibility index (Phi) is 4.36. The Morgan fingerprint density at radius 2 is 2.06 bits per heavy atom. The highest BCUT2D eigenvalue weighted by Gasteiger charge is 2.31. The van der Waals surface area contributed by atoms with Crippen LogP contribution in [0.5, 0.6) is 0 Å². The van der Waals surface area contributed by atoms with E-state index >= 15 is 0 Å². The second-order valence-electron chi connectivity index (χ2n) is 5.71. The summed E-state index contributed by atoms with van der Waals surface area (Å²) in [5.41, 5.74) is 7.11. The van der Waals surface area contributed by atoms with Crippen LogP contribution in [0.1, 0.15) is 45.2 Å². The third kappa shape index (κ3) is 3.74. The Labute approximate surface area is 114 Å². The molecule has 2 N–H and O–H groups in total. The number of thioether (sulfide) groups is 1. The van der Waals surface area contributed by atoms with E-state index in [-0.39, 0.29) is 11.6 Å². The highest BCUT2D eigenvalue weighted by atomic mass is 32.2. The molecule has 2 rings (SSSR count). The maximum Gasteiger partial charge on any atom is 0.0677 e. The Morgan fingerprint density at radius 3 is 2.56 bits per heavy atom. The van der Waals surface area contributed by atoms with Crippen molar-refractivity contribution < 1.29 is 4.74 Å². The molecule has 0 aliphatic carbocycles. The summed E-state index contributed by atoms with van der Waals surface area (Å²) in [7, 11) is 0. The first-order chi connectivity index (χ1) is 8.46. The molecule has 0 saturated carbocycles. The van der Waals surface area contributed by atoms with Gasteiger partial charge in [-0.1, -0.05) is 12.1 Å². The van der Waals surface area contributed by atoms with E-state index in [1.54, 1.807) is 0 Å². The minimum absolute atomic E-state index is 0.0735. The van der Waals surface area contributed by atoms with Gasteiger partial charge in [0.05, 0.1) is 11.7 Å². The fourth-order valence-corrected chi connectivity index (χ4v) is 3.19. The van der Waals surface area contributed by atoms with Crippen molar-refractivity contribution in [2.24, 2.45) is 5.73 Å². The van der Waals surface area contributed by atoms with Crippen LogP contribution in [0.2, 0.25) is 0 Å². The standard InChI is InChI=1S/C15H23NOS/c1-11(16)12-4-6-14(7-5-12)18-10-13-8-9-15(2,3)17-13/h4-7,11,13H,8-10,16H2,1-3H3. The Bertz CT molecular complexity index is 386. The van der Waals surface area contributed by atoms with E-state index < -0.39 is 0 Å². The lowest BCUT2D eigenvalue weighted by molar-refractivity contribution is -0.00466. The molecule has 2 atom stereocenters. The van der Waals surface area contributed by atoms with Crippen LogP contribution < -0.4 is 5.73 Å². The zero-order chi connectivity index (χ0) is 13.2. The number of nitrogens with two attached hydrogens (primary N) is 1. The van der Waals surface area contributed by atoms with Crippen molar-refractivity contribution in [3.63, 3.8) is 0 Å². The smallest absolute Gasteiger partial charge is 0.0677 e. The predicted octanol–water partition coefficient (Wildman–Crippen LogP) is 3.76. The summed E-state index contributed by atoms with van der Waals surface area (Å²) in [5.74, 6) is 1.04. The quantitative estimate of drug-likeness (QED) is 0.842. The molecule has 1 heterocycles. The van der Waals surface area contributed by atoms with Crippen molar-refractivity contribution >= 4 is 11.8 Å². The highest BCUT2D eigenvalue weighted by Crippen LogP contribution is 2.32. The van der Waals surface area contributed by atoms with Gasteiger partial charge < -0.3 is 10.5 Å². The lowest BCUT2D eigenvalue weighted by Gasteiger charge is -2.19. The third-order valence-electron chi connectivity index (χ3n) is 3.40. The van der Waals surface area contributed by atoms with E-state index in [4.69, 9.17) is 10.5 Å². The average molecular weight is 265 g/mol. The minimum atomic E-state index is 0.0735. The first-order valence-electron chi connectivity index (χ1n) is 6.62. The largest absolute Gasteiger partial charge is 0.371 e. The van der Waals surface area contributed by atoms with E-state index in [1.807, 2.05) is 18.7 Å². The molecule has 18 heavy (non-hydrogen) atoms. The summed E-state index contributed by atoms with van der Waals surface area (Å²) >= 11 is 1.87. The number of benzene rings is 1. The molecule has 100 valence electrons. The van der Waals surface area contributed by atoms with E-state index in [0.29, 0.717) is 6.10 Å². The summed E-state index contributed by atoms with van der Waals surface area (Å²) in [4.78, 5) is 1.30. The fourth-order valence-electron chi connectivity index (χ4n) is 2.25. The molecule has 1 fully saturated rings. The monoisotopic (exact) mass is 265 g/mol. The molecule has 1 aliphatic heterocycles. The van der Waals surface area contributed by atoms with Gasteiger partial charge in [-0.15, -0.1) is 11.8 Å². The van der Waals surface area contributed by atoms with Gasteiger partial charge in [-0.2, -0.15) is 0 Å². The van der Waals surface area contributed by atoms with Gasteiger partial charge in [0, 0.05) is 16.7 Å². The van der Waals surface area contributed by atoms with E-state index in [2.05, 4.69) is 38.1 Å². The van der Waals surface area contributed by atoms with Crippen LogP contribution in [-0.2, 0) is 4.74 Å². The van der Waals surface area contributed by atoms with Crippen molar-refractivity contribution in [1.29, 1.82) is 0 Å². The van der Waals surface area contributed by atoms with Crippen molar-refractivity contribution in [3.8, 4) is 0 Å². The molecule has 1 aliphatic rings. The highest BCUT2D eigenvalue weighted by molar-refractivity contribution is 7.99. The van der Waals surface area contributed by atoms with Crippen LogP contribution in [0.25, 0.3) is 0 Å². The van der Waals surface area contributed by atoms with Crippen LogP contribution in [-0.4, -0.2) is 17.5 Å². The Hall–Kier alpha value is -0.510. The number of hydrogen-bond acceptors (Lipinski definition) is 3. The second kappa shape index (κ2) is 5.64. The lowest BCUT2D eigenvalue weighted by atomic mass is 10.1. The fraction of sp³-hybridized carbons (Fsp3) is 0.600. The van der Waals surface area contributed by atoms with Gasteiger partial charge >= 0.3 is 0 Å². The van der Waals surface area contributed by atoms with Gasteiger partial charge in [0.15, 0.2) is 0 Å². The molecule has 0 spiro atoms. The molecule has 1 aromatic carbocycles. The number of rotatable bonds is 4. The van der Waals surface area contributed by atoms with E-state index in [1.165, 1.54) is 23.3 Å². The van der Waals surface area contributed by atoms with Crippen molar-refractivity contribution in [3.05, 3.63) is 29.8 Å². The molecule has 1 aromatic rings. The van der Waals surface area contributed by atoms with Gasteiger partial charge in [-0.25, -0.2) is 0 Å². The topological polar surface area (TPSA) is 35.2 Å².